The Bertz CT molecular complexity index is 762. The molecule has 1 aliphatic rings. The van der Waals surface area contributed by atoms with E-state index in [0.29, 0.717) is 12.1 Å². The van der Waals surface area contributed by atoms with Crippen LogP contribution in [0.2, 0.25) is 0 Å². The molecule has 0 N–H and O–H groups in total. The molecule has 3 rings (SSSR count). The smallest absolute Gasteiger partial charge is 0.242 e. The van der Waals surface area contributed by atoms with Crippen LogP contribution in [0, 0.1) is 5.82 Å². The molecule has 23 heavy (non-hydrogen) atoms. The predicted molar refractivity (Wildman–Crippen MR) is 90.2 cm³/mol. The van der Waals surface area contributed by atoms with Crippen molar-refractivity contribution in [1.29, 1.82) is 0 Å². The predicted octanol–water partition coefficient (Wildman–Crippen LogP) is 3.05. The van der Waals surface area contributed by atoms with Gasteiger partial charge < -0.3 is 4.90 Å². The molecule has 0 aliphatic carbocycles. The Hall–Kier alpha value is -2.01. The second kappa shape index (κ2) is 6.62. The number of rotatable bonds is 4. The lowest BCUT2D eigenvalue weighted by Gasteiger charge is -2.21. The molecule has 0 saturated heterocycles. The van der Waals surface area contributed by atoms with Crippen LogP contribution in [-0.4, -0.2) is 21.9 Å². The second-order valence-corrected chi connectivity index (χ2v) is 7.38. The van der Waals surface area contributed by atoms with Gasteiger partial charge in [0.1, 0.15) is 11.1 Å². The molecule has 0 aromatic heterocycles. The number of benzene rings is 2. The summed E-state index contributed by atoms with van der Waals surface area (Å²) in [5, 5.41) is -0.666. The Labute approximate surface area is 137 Å². The van der Waals surface area contributed by atoms with Crippen LogP contribution in [0.1, 0.15) is 18.1 Å². The van der Waals surface area contributed by atoms with Crippen molar-refractivity contribution in [1.82, 2.24) is 0 Å². The Balaban J connectivity index is 1.73. The highest BCUT2D eigenvalue weighted by Crippen LogP contribution is 2.28. The van der Waals surface area contributed by atoms with Crippen LogP contribution in [0.4, 0.5) is 10.1 Å². The first kappa shape index (κ1) is 15.9. The van der Waals surface area contributed by atoms with E-state index in [1.54, 1.807) is 30.0 Å². The number of fused-ring (bicyclic) bond motifs is 1. The van der Waals surface area contributed by atoms with E-state index in [0.717, 1.165) is 17.7 Å². The van der Waals surface area contributed by atoms with Crippen molar-refractivity contribution in [2.45, 2.75) is 24.3 Å². The standard InChI is InChI=1S/C18H18FNO2S/c1-13(23(22)12-15-7-2-4-8-16(15)19)18(21)20-11-10-14-6-3-5-9-17(14)20/h2-9,13H,10-12H2,1H3/t13-,23+/m1/s1. The van der Waals surface area contributed by atoms with Gasteiger partial charge in [-0.2, -0.15) is 0 Å². The minimum absolute atomic E-state index is 0.0507. The van der Waals surface area contributed by atoms with Crippen molar-refractivity contribution in [3.05, 3.63) is 65.5 Å². The maximum absolute atomic E-state index is 13.7. The number of carbonyl (C=O) groups excluding carboxylic acids is 1. The zero-order valence-electron chi connectivity index (χ0n) is 12.9. The number of anilines is 1. The van der Waals surface area contributed by atoms with E-state index in [4.69, 9.17) is 0 Å². The van der Waals surface area contributed by atoms with Gasteiger partial charge in [0.2, 0.25) is 5.91 Å². The number of para-hydroxylation sites is 1. The molecule has 5 heteroatoms. The maximum atomic E-state index is 13.7. The van der Waals surface area contributed by atoms with E-state index in [1.165, 1.54) is 6.07 Å². The molecule has 120 valence electrons. The normalized spacial score (nSPS) is 16.0. The Morgan fingerprint density at radius 3 is 2.70 bits per heavy atom. The summed E-state index contributed by atoms with van der Waals surface area (Å²) in [6.45, 7) is 2.26. The van der Waals surface area contributed by atoms with Gasteiger partial charge in [0.15, 0.2) is 0 Å². The highest BCUT2D eigenvalue weighted by molar-refractivity contribution is 7.85. The first-order chi connectivity index (χ1) is 11.1. The summed E-state index contributed by atoms with van der Waals surface area (Å²) in [6, 6.07) is 14.0. The van der Waals surface area contributed by atoms with Gasteiger partial charge >= 0.3 is 0 Å². The van der Waals surface area contributed by atoms with E-state index >= 15 is 0 Å². The van der Waals surface area contributed by atoms with Gasteiger partial charge in [-0.25, -0.2) is 4.39 Å². The SMILES string of the molecule is C[C@H](C(=O)N1CCc2ccccc21)[S@@](=O)Cc1ccccc1F. The van der Waals surface area contributed by atoms with Crippen LogP contribution in [0.15, 0.2) is 48.5 Å². The Morgan fingerprint density at radius 2 is 1.91 bits per heavy atom. The van der Waals surface area contributed by atoms with Crippen LogP contribution in [-0.2, 0) is 27.8 Å². The third-order valence-corrected chi connectivity index (χ3v) is 5.74. The lowest BCUT2D eigenvalue weighted by atomic mass is 10.2. The quantitative estimate of drug-likeness (QED) is 0.863. The van der Waals surface area contributed by atoms with Crippen molar-refractivity contribution >= 4 is 22.4 Å². The van der Waals surface area contributed by atoms with E-state index in [-0.39, 0.29) is 17.5 Å². The molecular weight excluding hydrogens is 313 g/mol. The molecule has 0 spiro atoms. The van der Waals surface area contributed by atoms with Gasteiger partial charge in [-0.1, -0.05) is 36.4 Å². The van der Waals surface area contributed by atoms with Crippen LogP contribution in [0.3, 0.4) is 0 Å². The molecule has 0 saturated carbocycles. The van der Waals surface area contributed by atoms with Crippen molar-refractivity contribution < 1.29 is 13.4 Å². The summed E-state index contributed by atoms with van der Waals surface area (Å²) in [7, 11) is -1.46. The zero-order valence-corrected chi connectivity index (χ0v) is 13.7. The van der Waals surface area contributed by atoms with Gasteiger partial charge in [0.05, 0.1) is 5.75 Å². The highest BCUT2D eigenvalue weighted by Gasteiger charge is 2.30. The van der Waals surface area contributed by atoms with Gasteiger partial charge in [0, 0.05) is 28.6 Å². The average Bonchev–Trinajstić information content (AvgIpc) is 2.99. The topological polar surface area (TPSA) is 37.4 Å². The van der Waals surface area contributed by atoms with E-state index in [1.807, 2.05) is 24.3 Å². The van der Waals surface area contributed by atoms with Crippen LogP contribution in [0.5, 0.6) is 0 Å². The monoisotopic (exact) mass is 331 g/mol. The average molecular weight is 331 g/mol. The first-order valence-electron chi connectivity index (χ1n) is 7.58. The summed E-state index contributed by atoms with van der Waals surface area (Å²) < 4.78 is 26.2. The fraction of sp³-hybridized carbons (Fsp3) is 0.278. The van der Waals surface area contributed by atoms with Crippen molar-refractivity contribution in [2.75, 3.05) is 11.4 Å². The molecule has 1 heterocycles. The second-order valence-electron chi connectivity index (χ2n) is 5.63. The van der Waals surface area contributed by atoms with Crippen LogP contribution in [0.25, 0.3) is 0 Å². The molecule has 0 fully saturated rings. The Kier molecular flexibility index (Phi) is 4.57. The number of halogens is 1. The fourth-order valence-corrected chi connectivity index (χ4v) is 3.94. The van der Waals surface area contributed by atoms with Gasteiger partial charge in [-0.15, -0.1) is 0 Å². The third kappa shape index (κ3) is 3.20. The molecular formula is C18H18FNO2S. The molecule has 1 amide bonds. The molecule has 1 aliphatic heterocycles. The number of amides is 1. The number of nitrogens with zero attached hydrogens (tertiary/aromatic N) is 1. The highest BCUT2D eigenvalue weighted by atomic mass is 32.2. The fourth-order valence-electron chi connectivity index (χ4n) is 2.79. The molecule has 0 bridgehead atoms. The van der Waals surface area contributed by atoms with Crippen molar-refractivity contribution in [3.63, 3.8) is 0 Å². The third-order valence-electron chi connectivity index (χ3n) is 4.15. The van der Waals surface area contributed by atoms with Crippen molar-refractivity contribution in [2.24, 2.45) is 0 Å². The molecule has 3 nitrogen and oxygen atoms in total. The number of carbonyl (C=O) groups is 1. The number of hydrogen-bond acceptors (Lipinski definition) is 2. The summed E-state index contributed by atoms with van der Waals surface area (Å²) in [5.41, 5.74) is 2.41. The van der Waals surface area contributed by atoms with Gasteiger partial charge in [-0.05, 0) is 31.0 Å². The van der Waals surface area contributed by atoms with Crippen LogP contribution < -0.4 is 4.90 Å². The molecule has 0 unspecified atom stereocenters. The summed E-state index contributed by atoms with van der Waals surface area (Å²) in [6.07, 6.45) is 0.814. The minimum Gasteiger partial charge on any atom is -0.311 e. The van der Waals surface area contributed by atoms with E-state index in [9.17, 15) is 13.4 Å². The summed E-state index contributed by atoms with van der Waals surface area (Å²) in [5.74, 6) is -0.494. The Morgan fingerprint density at radius 1 is 1.22 bits per heavy atom. The first-order valence-corrected chi connectivity index (χ1v) is 8.96. The van der Waals surface area contributed by atoms with E-state index < -0.39 is 16.0 Å². The summed E-state index contributed by atoms with van der Waals surface area (Å²) in [4.78, 5) is 14.4. The molecule has 0 radical (unpaired) electrons. The molecule has 2 aromatic rings. The molecule has 2 aromatic carbocycles. The lowest BCUT2D eigenvalue weighted by Crippen LogP contribution is -2.39. The summed E-state index contributed by atoms with van der Waals surface area (Å²) >= 11 is 0. The van der Waals surface area contributed by atoms with E-state index in [2.05, 4.69) is 0 Å². The largest absolute Gasteiger partial charge is 0.311 e. The lowest BCUT2D eigenvalue weighted by molar-refractivity contribution is -0.117. The molecule has 2 atom stereocenters. The maximum Gasteiger partial charge on any atom is 0.242 e. The minimum atomic E-state index is -1.46. The van der Waals surface area contributed by atoms with Gasteiger partial charge in [-0.3, -0.25) is 9.00 Å². The van der Waals surface area contributed by atoms with Crippen LogP contribution >= 0.6 is 0 Å². The zero-order chi connectivity index (χ0) is 16.4. The van der Waals surface area contributed by atoms with Gasteiger partial charge in [0.25, 0.3) is 0 Å². The number of hydrogen-bond donors (Lipinski definition) is 0. The van der Waals surface area contributed by atoms with Crippen molar-refractivity contribution in [3.8, 4) is 0 Å².